The quantitative estimate of drug-likeness (QED) is 0.527. The van der Waals surface area contributed by atoms with E-state index in [1.807, 2.05) is 26.8 Å². The summed E-state index contributed by atoms with van der Waals surface area (Å²) in [4.78, 5) is 15.3. The topological polar surface area (TPSA) is 125 Å². The number of pyridine rings is 1. The molecule has 172 valence electrons. The Labute approximate surface area is 197 Å². The molecule has 0 saturated carbocycles. The van der Waals surface area contributed by atoms with Gasteiger partial charge in [0, 0.05) is 24.0 Å². The molecule has 0 aliphatic carbocycles. The van der Waals surface area contributed by atoms with Crippen LogP contribution in [0.25, 0.3) is 11.3 Å². The Hall–Kier alpha value is -3.35. The van der Waals surface area contributed by atoms with Gasteiger partial charge in [-0.05, 0) is 47.7 Å². The maximum Gasteiger partial charge on any atom is 0.404 e. The molecule has 10 heteroatoms. The van der Waals surface area contributed by atoms with Crippen molar-refractivity contribution < 1.29 is 18.3 Å². The molecule has 1 unspecified atom stereocenters. The van der Waals surface area contributed by atoms with Gasteiger partial charge in [-0.25, -0.2) is 22.2 Å². The van der Waals surface area contributed by atoms with Crippen LogP contribution in [-0.2, 0) is 16.4 Å². The number of hydrogen-bond acceptors (Lipinski definition) is 5. The second-order valence-electron chi connectivity index (χ2n) is 8.55. The van der Waals surface area contributed by atoms with E-state index in [1.165, 1.54) is 24.5 Å². The molecule has 0 radical (unpaired) electrons. The minimum atomic E-state index is -4.14. The summed E-state index contributed by atoms with van der Waals surface area (Å²) in [5.41, 5.74) is 0.766. The van der Waals surface area contributed by atoms with Gasteiger partial charge in [0.25, 0.3) is 10.0 Å². The SMILES string of the molecule is CC(C)(C)C(Cc1cc(-c2cccnc2C#N)n(S(=O)(=O)c2ccccc2Cl)c1)NC(=O)O. The van der Waals surface area contributed by atoms with Crippen molar-refractivity contribution in [3.63, 3.8) is 0 Å². The summed E-state index contributed by atoms with van der Waals surface area (Å²) in [6.07, 6.45) is 1.95. The highest BCUT2D eigenvalue weighted by molar-refractivity contribution is 7.90. The molecule has 33 heavy (non-hydrogen) atoms. The number of rotatable bonds is 6. The van der Waals surface area contributed by atoms with Crippen LogP contribution < -0.4 is 5.32 Å². The van der Waals surface area contributed by atoms with Gasteiger partial charge < -0.3 is 10.4 Å². The summed E-state index contributed by atoms with van der Waals surface area (Å²) in [6.45, 7) is 5.67. The standard InChI is InChI=1S/C23H23ClN4O4S/c1-23(2,3)21(27-22(29)30)12-15-11-19(16-7-6-10-26-18(16)13-25)28(14-15)33(31,32)20-9-5-4-8-17(20)24/h4-11,14,21,27H,12H2,1-3H3,(H,29,30). The van der Waals surface area contributed by atoms with Crippen molar-refractivity contribution in [1.82, 2.24) is 14.3 Å². The first-order chi connectivity index (χ1) is 15.4. The molecule has 1 amide bonds. The van der Waals surface area contributed by atoms with Crippen LogP contribution in [0.15, 0.2) is 59.8 Å². The lowest BCUT2D eigenvalue weighted by atomic mass is 9.83. The van der Waals surface area contributed by atoms with E-state index in [9.17, 15) is 23.6 Å². The van der Waals surface area contributed by atoms with Gasteiger partial charge >= 0.3 is 6.09 Å². The van der Waals surface area contributed by atoms with Gasteiger partial charge in [0.15, 0.2) is 0 Å². The van der Waals surface area contributed by atoms with Crippen molar-refractivity contribution >= 4 is 27.7 Å². The predicted octanol–water partition coefficient (Wildman–Crippen LogP) is 4.54. The van der Waals surface area contributed by atoms with E-state index < -0.39 is 27.6 Å². The van der Waals surface area contributed by atoms with Gasteiger partial charge in [0.1, 0.15) is 16.7 Å². The Kier molecular flexibility index (Phi) is 6.81. The van der Waals surface area contributed by atoms with Crippen molar-refractivity contribution in [3.05, 3.63) is 71.1 Å². The first-order valence-electron chi connectivity index (χ1n) is 10.0. The van der Waals surface area contributed by atoms with E-state index in [2.05, 4.69) is 10.3 Å². The molecule has 1 aromatic carbocycles. The highest BCUT2D eigenvalue weighted by Gasteiger charge is 2.30. The van der Waals surface area contributed by atoms with E-state index in [-0.39, 0.29) is 27.7 Å². The molecule has 3 aromatic rings. The molecule has 2 heterocycles. The maximum absolute atomic E-state index is 13.6. The molecule has 8 nitrogen and oxygen atoms in total. The molecular formula is C23H23ClN4O4S. The van der Waals surface area contributed by atoms with Crippen LogP contribution in [0.4, 0.5) is 4.79 Å². The molecule has 2 aromatic heterocycles. The minimum absolute atomic E-state index is 0.0607. The largest absolute Gasteiger partial charge is 0.465 e. The van der Waals surface area contributed by atoms with Crippen LogP contribution in [0.3, 0.4) is 0 Å². The molecule has 0 aliphatic rings. The number of nitrogens with zero attached hydrogens (tertiary/aromatic N) is 3. The number of halogens is 1. The molecule has 1 atom stereocenters. The highest BCUT2D eigenvalue weighted by Crippen LogP contribution is 2.32. The second kappa shape index (κ2) is 9.25. The summed E-state index contributed by atoms with van der Waals surface area (Å²) in [6, 6.07) is 12.4. The fourth-order valence-corrected chi connectivity index (χ4v) is 5.31. The van der Waals surface area contributed by atoms with Gasteiger partial charge in [-0.3, -0.25) is 0 Å². The Balaban J connectivity index is 2.22. The van der Waals surface area contributed by atoms with E-state index >= 15 is 0 Å². The summed E-state index contributed by atoms with van der Waals surface area (Å²) in [5.74, 6) is 0. The molecule has 0 bridgehead atoms. The molecule has 2 N–H and O–H groups in total. The van der Waals surface area contributed by atoms with Crippen LogP contribution in [0.5, 0.6) is 0 Å². The van der Waals surface area contributed by atoms with E-state index in [4.69, 9.17) is 11.6 Å². The van der Waals surface area contributed by atoms with E-state index in [1.54, 1.807) is 30.3 Å². The molecule has 0 spiro atoms. The third kappa shape index (κ3) is 5.18. The molecular weight excluding hydrogens is 464 g/mol. The normalized spacial score (nSPS) is 12.7. The van der Waals surface area contributed by atoms with Crippen molar-refractivity contribution in [2.75, 3.05) is 0 Å². The number of nitrogens with one attached hydrogen (secondary N) is 1. The fourth-order valence-electron chi connectivity index (χ4n) is 3.42. The van der Waals surface area contributed by atoms with Crippen LogP contribution in [0.1, 0.15) is 32.0 Å². The zero-order valence-electron chi connectivity index (χ0n) is 18.3. The van der Waals surface area contributed by atoms with Gasteiger partial charge in [-0.1, -0.05) is 44.5 Å². The minimum Gasteiger partial charge on any atom is -0.465 e. The number of carboxylic acid groups (broad SMARTS) is 1. The monoisotopic (exact) mass is 486 g/mol. The first-order valence-corrected chi connectivity index (χ1v) is 11.8. The maximum atomic E-state index is 13.6. The predicted molar refractivity (Wildman–Crippen MR) is 125 cm³/mol. The zero-order chi connectivity index (χ0) is 24.4. The average molecular weight is 487 g/mol. The third-order valence-corrected chi connectivity index (χ3v) is 7.36. The lowest BCUT2D eigenvalue weighted by Gasteiger charge is -2.30. The van der Waals surface area contributed by atoms with Crippen LogP contribution in [0.2, 0.25) is 5.02 Å². The fraction of sp³-hybridized carbons (Fsp3) is 0.261. The zero-order valence-corrected chi connectivity index (χ0v) is 19.9. The van der Waals surface area contributed by atoms with Gasteiger partial charge in [0.2, 0.25) is 0 Å². The van der Waals surface area contributed by atoms with Crippen LogP contribution in [-0.4, -0.2) is 34.6 Å². The Morgan fingerprint density at radius 2 is 1.97 bits per heavy atom. The van der Waals surface area contributed by atoms with E-state index in [0.717, 1.165) is 3.97 Å². The van der Waals surface area contributed by atoms with Gasteiger partial charge in [0.05, 0.1) is 10.7 Å². The molecule has 3 rings (SSSR count). The highest BCUT2D eigenvalue weighted by atomic mass is 35.5. The van der Waals surface area contributed by atoms with Crippen LogP contribution >= 0.6 is 11.6 Å². The number of hydrogen-bond donors (Lipinski definition) is 2. The first kappa shape index (κ1) is 24.3. The van der Waals surface area contributed by atoms with E-state index in [0.29, 0.717) is 11.1 Å². The lowest BCUT2D eigenvalue weighted by Crippen LogP contribution is -2.44. The number of amides is 1. The smallest absolute Gasteiger partial charge is 0.404 e. The average Bonchev–Trinajstić information content (AvgIpc) is 3.17. The van der Waals surface area contributed by atoms with Crippen LogP contribution in [0, 0.1) is 16.7 Å². The molecule has 0 aliphatic heterocycles. The van der Waals surface area contributed by atoms with Crippen molar-refractivity contribution in [1.29, 1.82) is 5.26 Å². The summed E-state index contributed by atoms with van der Waals surface area (Å²) in [7, 11) is -4.14. The summed E-state index contributed by atoms with van der Waals surface area (Å²) < 4.78 is 28.2. The Morgan fingerprint density at radius 3 is 2.58 bits per heavy atom. The van der Waals surface area contributed by atoms with Crippen molar-refractivity contribution in [2.24, 2.45) is 5.41 Å². The third-order valence-electron chi connectivity index (χ3n) is 5.19. The number of benzene rings is 1. The Bertz CT molecular complexity index is 1340. The second-order valence-corrected chi connectivity index (χ2v) is 10.7. The molecule has 0 saturated heterocycles. The summed E-state index contributed by atoms with van der Waals surface area (Å²) >= 11 is 6.19. The summed E-state index contributed by atoms with van der Waals surface area (Å²) in [5, 5.41) is 21.4. The number of aromatic nitrogens is 2. The lowest BCUT2D eigenvalue weighted by molar-refractivity contribution is 0.174. The van der Waals surface area contributed by atoms with Crippen molar-refractivity contribution in [3.8, 4) is 17.3 Å². The Morgan fingerprint density at radius 1 is 1.27 bits per heavy atom. The van der Waals surface area contributed by atoms with Crippen molar-refractivity contribution in [2.45, 2.75) is 38.1 Å². The number of carbonyl (C=O) groups is 1. The number of nitriles is 1. The van der Waals surface area contributed by atoms with Gasteiger partial charge in [-0.15, -0.1) is 0 Å². The van der Waals surface area contributed by atoms with Gasteiger partial charge in [-0.2, -0.15) is 5.26 Å². The molecule has 0 fully saturated rings.